The number of carbonyl (C=O) groups is 2. The van der Waals surface area contributed by atoms with Crippen LogP contribution in [0.15, 0.2) is 30.5 Å². The number of ether oxygens (including phenoxy) is 1. The molecule has 2 fully saturated rings. The maximum absolute atomic E-state index is 12.6. The molecule has 178 valence electrons. The van der Waals surface area contributed by atoms with Gasteiger partial charge in [-0.05, 0) is 42.4 Å². The molecule has 0 saturated carbocycles. The lowest BCUT2D eigenvalue weighted by Gasteiger charge is -2.32. The summed E-state index contributed by atoms with van der Waals surface area (Å²) in [5, 5.41) is 2.93. The average molecular weight is 494 g/mol. The van der Waals surface area contributed by atoms with E-state index in [2.05, 4.69) is 33.2 Å². The van der Waals surface area contributed by atoms with Crippen LogP contribution >= 0.6 is 24.8 Å². The van der Waals surface area contributed by atoms with Gasteiger partial charge in [0.05, 0.1) is 12.1 Å². The highest BCUT2D eigenvalue weighted by Crippen LogP contribution is 2.34. The lowest BCUT2D eigenvalue weighted by Crippen LogP contribution is -2.43. The molecule has 8 nitrogen and oxygen atoms in total. The van der Waals surface area contributed by atoms with Gasteiger partial charge in [0.25, 0.3) is 5.91 Å². The summed E-state index contributed by atoms with van der Waals surface area (Å²) in [5.41, 5.74) is 5.40. The Morgan fingerprint density at radius 2 is 1.79 bits per heavy atom. The van der Waals surface area contributed by atoms with E-state index in [0.29, 0.717) is 25.3 Å². The fraction of sp³-hybridized carbons (Fsp3) is 0.391. The van der Waals surface area contributed by atoms with Crippen molar-refractivity contribution in [3.05, 3.63) is 52.8 Å². The van der Waals surface area contributed by atoms with Crippen LogP contribution in [0.1, 0.15) is 22.4 Å². The van der Waals surface area contributed by atoms with Gasteiger partial charge in [-0.1, -0.05) is 6.07 Å². The molecule has 1 aromatic heterocycles. The van der Waals surface area contributed by atoms with Crippen molar-refractivity contribution in [2.45, 2.75) is 13.1 Å². The van der Waals surface area contributed by atoms with Gasteiger partial charge in [0.15, 0.2) is 0 Å². The molecule has 2 saturated heterocycles. The first-order valence-corrected chi connectivity index (χ1v) is 10.7. The number of anilines is 1. The number of hydrogen-bond acceptors (Lipinski definition) is 5. The number of rotatable bonds is 5. The van der Waals surface area contributed by atoms with Crippen LogP contribution in [-0.4, -0.2) is 78.1 Å². The van der Waals surface area contributed by atoms with Gasteiger partial charge in [-0.3, -0.25) is 9.69 Å². The van der Waals surface area contributed by atoms with Gasteiger partial charge < -0.3 is 24.8 Å². The second-order valence-corrected chi connectivity index (χ2v) is 8.47. The molecule has 0 aliphatic carbocycles. The number of nitrogens with zero attached hydrogens (tertiary/aromatic N) is 3. The quantitative estimate of drug-likeness (QED) is 0.625. The normalized spacial score (nSPS) is 19.7. The van der Waals surface area contributed by atoms with Crippen LogP contribution in [0.25, 0.3) is 11.6 Å². The fourth-order valence-corrected chi connectivity index (χ4v) is 4.32. The van der Waals surface area contributed by atoms with Crippen molar-refractivity contribution < 1.29 is 14.3 Å². The number of cyclic esters (lactones) is 1. The molecule has 2 amide bonds. The van der Waals surface area contributed by atoms with Crippen molar-refractivity contribution in [2.24, 2.45) is 0 Å². The Morgan fingerprint density at radius 1 is 1.00 bits per heavy atom. The number of benzene rings is 1. The number of nitrogens with one attached hydrogen (secondary N) is 2. The Morgan fingerprint density at radius 3 is 2.52 bits per heavy atom. The van der Waals surface area contributed by atoms with Gasteiger partial charge in [0.2, 0.25) is 0 Å². The van der Waals surface area contributed by atoms with E-state index < -0.39 is 0 Å². The first kappa shape index (κ1) is 25.1. The summed E-state index contributed by atoms with van der Waals surface area (Å²) >= 11 is 0. The van der Waals surface area contributed by atoms with Crippen molar-refractivity contribution in [2.75, 3.05) is 51.7 Å². The van der Waals surface area contributed by atoms with Crippen LogP contribution in [0.3, 0.4) is 0 Å². The number of H-pyrrole nitrogens is 1. The Hall–Kier alpha value is -2.52. The number of halogens is 2. The van der Waals surface area contributed by atoms with Gasteiger partial charge >= 0.3 is 6.09 Å². The predicted molar refractivity (Wildman–Crippen MR) is 133 cm³/mol. The molecular weight excluding hydrogens is 465 g/mol. The Balaban J connectivity index is 0.00000153. The monoisotopic (exact) mass is 493 g/mol. The second kappa shape index (κ2) is 10.6. The van der Waals surface area contributed by atoms with Crippen LogP contribution in [0.5, 0.6) is 0 Å². The van der Waals surface area contributed by atoms with E-state index in [-0.39, 0.29) is 36.8 Å². The molecule has 0 unspecified atom stereocenters. The Labute approximate surface area is 205 Å². The van der Waals surface area contributed by atoms with E-state index in [1.54, 1.807) is 4.90 Å². The summed E-state index contributed by atoms with van der Waals surface area (Å²) in [4.78, 5) is 34.1. The van der Waals surface area contributed by atoms with Crippen LogP contribution in [0.4, 0.5) is 10.5 Å². The molecule has 0 radical (unpaired) electrons. The summed E-state index contributed by atoms with van der Waals surface area (Å²) in [6.07, 6.45) is 3.64. The van der Waals surface area contributed by atoms with Gasteiger partial charge in [-0.2, -0.15) is 0 Å². The van der Waals surface area contributed by atoms with Gasteiger partial charge in [-0.15, -0.1) is 24.8 Å². The number of likely N-dealkylation sites (N-methyl/N-ethyl adjacent to an activating group) is 1. The van der Waals surface area contributed by atoms with E-state index >= 15 is 0 Å². The Bertz CT molecular complexity index is 1050. The summed E-state index contributed by atoms with van der Waals surface area (Å²) in [6.45, 7) is 6.73. The first-order chi connectivity index (χ1) is 15.0. The zero-order valence-corrected chi connectivity index (χ0v) is 20.1. The number of amides is 2. The van der Waals surface area contributed by atoms with E-state index in [0.717, 1.165) is 55.2 Å². The minimum Gasteiger partial charge on any atom is -0.448 e. The number of carbonyl (C=O) groups excluding carboxylic acids is 2. The van der Waals surface area contributed by atoms with Gasteiger partial charge in [0, 0.05) is 62.4 Å². The summed E-state index contributed by atoms with van der Waals surface area (Å²) in [6, 6.07) is 7.94. The first-order valence-electron chi connectivity index (χ1n) is 10.7. The number of fused-ring (bicyclic) bond motifs is 1. The van der Waals surface area contributed by atoms with E-state index in [9.17, 15) is 9.59 Å². The average Bonchev–Trinajstić information content (AvgIpc) is 3.45. The molecule has 0 atom stereocenters. The number of hydrogen-bond donors (Lipinski definition) is 2. The van der Waals surface area contributed by atoms with Gasteiger partial charge in [-0.25, -0.2) is 4.79 Å². The minimum atomic E-state index is -0.287. The predicted octanol–water partition coefficient (Wildman–Crippen LogP) is 3.05. The molecule has 0 bridgehead atoms. The largest absolute Gasteiger partial charge is 0.448 e. The summed E-state index contributed by atoms with van der Waals surface area (Å²) in [5.74, 6) is -0.108. The third kappa shape index (κ3) is 5.52. The molecule has 2 aromatic rings. The van der Waals surface area contributed by atoms with E-state index in [1.807, 2.05) is 30.5 Å². The summed E-state index contributed by atoms with van der Waals surface area (Å²) < 4.78 is 5.01. The zero-order chi connectivity index (χ0) is 21.4. The second-order valence-electron chi connectivity index (χ2n) is 8.47. The van der Waals surface area contributed by atoms with Crippen LogP contribution < -0.4 is 5.32 Å². The van der Waals surface area contributed by atoms with Crippen molar-refractivity contribution in [1.29, 1.82) is 0 Å². The van der Waals surface area contributed by atoms with Crippen molar-refractivity contribution in [3.8, 4) is 0 Å². The molecule has 3 aliphatic rings. The maximum Gasteiger partial charge on any atom is 0.410 e. The SMILES string of the molecule is CN1CCN(Cc2c[nH]c(C=C3C(=O)Nc4ccc(CN5CCOC5=O)cc43)c2)CC1.Cl.Cl. The molecule has 33 heavy (non-hydrogen) atoms. The molecule has 0 spiro atoms. The minimum absolute atomic E-state index is 0. The summed E-state index contributed by atoms with van der Waals surface area (Å²) in [7, 11) is 2.16. The third-order valence-electron chi connectivity index (χ3n) is 6.15. The highest BCUT2D eigenvalue weighted by Gasteiger charge is 2.26. The topological polar surface area (TPSA) is 80.9 Å². The lowest BCUT2D eigenvalue weighted by molar-refractivity contribution is -0.110. The smallest absolute Gasteiger partial charge is 0.410 e. The zero-order valence-electron chi connectivity index (χ0n) is 18.5. The molecule has 5 rings (SSSR count). The van der Waals surface area contributed by atoms with Gasteiger partial charge in [0.1, 0.15) is 6.61 Å². The molecule has 2 N–H and O–H groups in total. The van der Waals surface area contributed by atoms with Crippen LogP contribution in [0.2, 0.25) is 0 Å². The van der Waals surface area contributed by atoms with E-state index in [4.69, 9.17) is 4.74 Å². The fourth-order valence-electron chi connectivity index (χ4n) is 4.32. The van der Waals surface area contributed by atoms with Crippen LogP contribution in [0, 0.1) is 0 Å². The number of aromatic amines is 1. The third-order valence-corrected chi connectivity index (χ3v) is 6.15. The van der Waals surface area contributed by atoms with Crippen molar-refractivity contribution in [1.82, 2.24) is 19.7 Å². The Kier molecular flexibility index (Phi) is 8.07. The van der Waals surface area contributed by atoms with Crippen LogP contribution in [-0.2, 0) is 22.6 Å². The number of piperazine rings is 1. The lowest BCUT2D eigenvalue weighted by atomic mass is 10.0. The highest BCUT2D eigenvalue weighted by molar-refractivity contribution is 6.34. The molecule has 10 heteroatoms. The molecule has 4 heterocycles. The van der Waals surface area contributed by atoms with E-state index in [1.165, 1.54) is 5.56 Å². The molecule has 1 aromatic carbocycles. The van der Waals surface area contributed by atoms with Crippen molar-refractivity contribution >= 4 is 54.2 Å². The number of aromatic nitrogens is 1. The maximum atomic E-state index is 12.6. The molecular formula is C23H29Cl2N5O3. The van der Waals surface area contributed by atoms with Crippen molar-refractivity contribution in [3.63, 3.8) is 0 Å². The molecule has 3 aliphatic heterocycles. The standard InChI is InChI=1S/C23H27N5O3.2ClH/c1-26-4-6-27(7-5-26)14-17-10-18(24-13-17)12-20-19-11-16(2-3-21(19)25-22(20)29)15-28-8-9-31-23(28)30;;/h2-3,10-13,24H,4-9,14-15H2,1H3,(H,25,29);2*1H. The highest BCUT2D eigenvalue weighted by atomic mass is 35.5.